The molecule has 1 aromatic heterocycles. The van der Waals surface area contributed by atoms with Crippen LogP contribution in [0.25, 0.3) is 11.0 Å². The predicted octanol–water partition coefficient (Wildman–Crippen LogP) is 2.77. The highest BCUT2D eigenvalue weighted by molar-refractivity contribution is 5.79. The Balaban J connectivity index is 1.76. The van der Waals surface area contributed by atoms with Gasteiger partial charge < -0.3 is 15.0 Å². The number of aliphatic carboxylic acids is 1. The monoisotopic (exact) mass is 291 g/mol. The Labute approximate surface area is 121 Å². The van der Waals surface area contributed by atoms with Gasteiger partial charge in [0.05, 0.1) is 11.4 Å². The number of fused-ring (bicyclic) bond motifs is 1. The molecule has 0 unspecified atom stereocenters. The summed E-state index contributed by atoms with van der Waals surface area (Å²) in [5.41, 5.74) is 1.11. The van der Waals surface area contributed by atoms with Gasteiger partial charge >= 0.3 is 5.97 Å². The highest BCUT2D eigenvalue weighted by Crippen LogP contribution is 2.28. The summed E-state index contributed by atoms with van der Waals surface area (Å²) < 4.78 is 15.6. The molecule has 6 heteroatoms. The minimum atomic E-state index is -0.710. The van der Waals surface area contributed by atoms with Gasteiger partial charge in [-0.3, -0.25) is 4.79 Å². The van der Waals surface area contributed by atoms with Crippen LogP contribution in [0.5, 0.6) is 0 Å². The maximum Gasteiger partial charge on any atom is 0.306 e. The number of carboxylic acid groups (broad SMARTS) is 1. The number of rotatable bonds is 3. The van der Waals surface area contributed by atoms with E-state index < -0.39 is 5.97 Å². The van der Waals surface area contributed by atoms with Gasteiger partial charge in [0.15, 0.2) is 5.82 Å². The zero-order valence-electron chi connectivity index (χ0n) is 11.8. The van der Waals surface area contributed by atoms with E-state index in [4.69, 9.17) is 5.11 Å². The molecular formula is C15H18FN3O2. The summed E-state index contributed by atoms with van der Waals surface area (Å²) >= 11 is 0. The number of hydrogen-bond donors (Lipinski definition) is 2. The van der Waals surface area contributed by atoms with E-state index in [-0.39, 0.29) is 17.8 Å². The lowest BCUT2D eigenvalue weighted by molar-refractivity contribution is -0.142. The molecule has 0 radical (unpaired) electrons. The van der Waals surface area contributed by atoms with Crippen molar-refractivity contribution in [1.82, 2.24) is 9.55 Å². The Morgan fingerprint density at radius 3 is 2.71 bits per heavy atom. The maximum atomic E-state index is 13.7. The van der Waals surface area contributed by atoms with Gasteiger partial charge in [0, 0.05) is 13.1 Å². The van der Waals surface area contributed by atoms with Crippen LogP contribution < -0.4 is 5.32 Å². The van der Waals surface area contributed by atoms with Gasteiger partial charge in [0.2, 0.25) is 5.95 Å². The lowest BCUT2D eigenvalue weighted by atomic mass is 9.86. The van der Waals surface area contributed by atoms with Crippen LogP contribution >= 0.6 is 0 Å². The molecule has 0 aliphatic heterocycles. The van der Waals surface area contributed by atoms with Crippen LogP contribution in [0.1, 0.15) is 25.7 Å². The molecule has 1 heterocycles. The minimum Gasteiger partial charge on any atom is -0.481 e. The number of carboxylic acids is 1. The fourth-order valence-electron chi connectivity index (χ4n) is 2.98. The van der Waals surface area contributed by atoms with E-state index in [2.05, 4.69) is 10.3 Å². The number of aryl methyl sites for hydroxylation is 1. The number of benzene rings is 1. The Hall–Kier alpha value is -2.11. The first-order valence-corrected chi connectivity index (χ1v) is 7.16. The number of aromatic nitrogens is 2. The summed E-state index contributed by atoms with van der Waals surface area (Å²) in [7, 11) is 1.85. The second-order valence-electron chi connectivity index (χ2n) is 5.63. The summed E-state index contributed by atoms with van der Waals surface area (Å²) in [5, 5.41) is 12.3. The molecule has 0 saturated heterocycles. The molecule has 0 bridgehead atoms. The van der Waals surface area contributed by atoms with Crippen LogP contribution in [0, 0.1) is 11.7 Å². The van der Waals surface area contributed by atoms with Crippen molar-refractivity contribution in [3.8, 4) is 0 Å². The van der Waals surface area contributed by atoms with Crippen molar-refractivity contribution in [1.29, 1.82) is 0 Å². The van der Waals surface area contributed by atoms with Crippen molar-refractivity contribution in [2.75, 3.05) is 5.32 Å². The number of anilines is 1. The molecule has 0 amide bonds. The van der Waals surface area contributed by atoms with Crippen LogP contribution in [0.2, 0.25) is 0 Å². The topological polar surface area (TPSA) is 67.2 Å². The summed E-state index contributed by atoms with van der Waals surface area (Å²) in [6.45, 7) is 0. The van der Waals surface area contributed by atoms with E-state index in [1.165, 1.54) is 6.07 Å². The molecule has 0 spiro atoms. The van der Waals surface area contributed by atoms with E-state index in [0.717, 1.165) is 18.4 Å². The van der Waals surface area contributed by atoms with Crippen molar-refractivity contribution < 1.29 is 14.3 Å². The van der Waals surface area contributed by atoms with Crippen LogP contribution in [-0.4, -0.2) is 26.7 Å². The average molecular weight is 291 g/mol. The molecular weight excluding hydrogens is 273 g/mol. The molecule has 5 nitrogen and oxygen atoms in total. The van der Waals surface area contributed by atoms with Gasteiger partial charge in [-0.2, -0.15) is 0 Å². The number of para-hydroxylation sites is 1. The largest absolute Gasteiger partial charge is 0.481 e. The number of hydrogen-bond acceptors (Lipinski definition) is 3. The van der Waals surface area contributed by atoms with Crippen molar-refractivity contribution >= 4 is 23.0 Å². The lowest BCUT2D eigenvalue weighted by Crippen LogP contribution is -2.30. The van der Waals surface area contributed by atoms with Crippen LogP contribution in [-0.2, 0) is 11.8 Å². The van der Waals surface area contributed by atoms with Gasteiger partial charge in [0.1, 0.15) is 5.52 Å². The van der Waals surface area contributed by atoms with E-state index in [9.17, 15) is 9.18 Å². The van der Waals surface area contributed by atoms with Crippen molar-refractivity contribution in [3.05, 3.63) is 24.0 Å². The second kappa shape index (κ2) is 5.35. The molecule has 0 atom stereocenters. The zero-order chi connectivity index (χ0) is 15.0. The maximum absolute atomic E-state index is 13.7. The van der Waals surface area contributed by atoms with Gasteiger partial charge in [-0.05, 0) is 37.8 Å². The van der Waals surface area contributed by atoms with Gasteiger partial charge in [-0.25, -0.2) is 9.37 Å². The van der Waals surface area contributed by atoms with Crippen molar-refractivity contribution in [3.63, 3.8) is 0 Å². The molecule has 1 aromatic carbocycles. The molecule has 2 aromatic rings. The normalized spacial score (nSPS) is 22.4. The minimum absolute atomic E-state index is 0.194. The summed E-state index contributed by atoms with van der Waals surface area (Å²) in [6, 6.07) is 5.09. The summed E-state index contributed by atoms with van der Waals surface area (Å²) in [5.74, 6) is -0.640. The number of carbonyl (C=O) groups is 1. The summed E-state index contributed by atoms with van der Waals surface area (Å²) in [6.07, 6.45) is 2.93. The molecule has 1 aliphatic rings. The zero-order valence-corrected chi connectivity index (χ0v) is 11.8. The molecule has 21 heavy (non-hydrogen) atoms. The first-order valence-electron chi connectivity index (χ1n) is 7.16. The number of halogens is 1. The third kappa shape index (κ3) is 2.57. The fraction of sp³-hybridized carbons (Fsp3) is 0.467. The van der Waals surface area contributed by atoms with Gasteiger partial charge in [0.25, 0.3) is 0 Å². The van der Waals surface area contributed by atoms with Crippen LogP contribution in [0.4, 0.5) is 10.3 Å². The van der Waals surface area contributed by atoms with Gasteiger partial charge in [-0.15, -0.1) is 0 Å². The SMILES string of the molecule is Cn1c(NC2CCC(C(=O)O)CC2)nc2c(F)cccc21. The molecule has 112 valence electrons. The van der Waals surface area contributed by atoms with Crippen LogP contribution in [0.3, 0.4) is 0 Å². The quantitative estimate of drug-likeness (QED) is 0.912. The third-order valence-electron chi connectivity index (χ3n) is 4.27. The molecule has 1 aliphatic carbocycles. The highest BCUT2D eigenvalue weighted by Gasteiger charge is 2.26. The van der Waals surface area contributed by atoms with Crippen LogP contribution in [0.15, 0.2) is 18.2 Å². The number of nitrogens with one attached hydrogen (secondary N) is 1. The number of imidazole rings is 1. The smallest absolute Gasteiger partial charge is 0.306 e. The Morgan fingerprint density at radius 1 is 1.38 bits per heavy atom. The fourth-order valence-corrected chi connectivity index (χ4v) is 2.98. The molecule has 2 N–H and O–H groups in total. The van der Waals surface area contributed by atoms with E-state index in [1.807, 2.05) is 17.7 Å². The Bertz CT molecular complexity index is 675. The van der Waals surface area contributed by atoms with Crippen molar-refractivity contribution in [2.45, 2.75) is 31.7 Å². The van der Waals surface area contributed by atoms with Gasteiger partial charge in [-0.1, -0.05) is 6.07 Å². The van der Waals surface area contributed by atoms with E-state index >= 15 is 0 Å². The van der Waals surface area contributed by atoms with Crippen molar-refractivity contribution in [2.24, 2.45) is 13.0 Å². The third-order valence-corrected chi connectivity index (χ3v) is 4.27. The summed E-state index contributed by atoms with van der Waals surface area (Å²) in [4.78, 5) is 15.3. The Morgan fingerprint density at radius 2 is 2.10 bits per heavy atom. The van der Waals surface area contributed by atoms with E-state index in [1.54, 1.807) is 6.07 Å². The molecule has 1 fully saturated rings. The van der Waals surface area contributed by atoms with E-state index in [0.29, 0.717) is 24.3 Å². The molecule has 3 rings (SSSR count). The highest BCUT2D eigenvalue weighted by atomic mass is 19.1. The Kier molecular flexibility index (Phi) is 3.53. The average Bonchev–Trinajstić information content (AvgIpc) is 2.78. The first-order chi connectivity index (χ1) is 10.1. The molecule has 1 saturated carbocycles. The number of nitrogens with zero attached hydrogens (tertiary/aromatic N) is 2. The standard InChI is InChI=1S/C15H18FN3O2/c1-19-12-4-2-3-11(16)13(12)18-15(19)17-10-7-5-9(6-8-10)14(20)21/h2-4,9-10H,5-8H2,1H3,(H,17,18)(H,20,21). The lowest BCUT2D eigenvalue weighted by Gasteiger charge is -2.27. The second-order valence-corrected chi connectivity index (χ2v) is 5.63. The first kappa shape index (κ1) is 13.9. The predicted molar refractivity (Wildman–Crippen MR) is 77.7 cm³/mol.